The minimum Gasteiger partial charge on any atom is -0.448 e. The molecule has 0 aliphatic carbocycles. The van der Waals surface area contributed by atoms with Crippen LogP contribution in [0.15, 0.2) is 60.8 Å². The highest BCUT2D eigenvalue weighted by atomic mass is 35.5. The molecule has 9 heteroatoms. The molecule has 2 aliphatic rings. The second-order valence-corrected chi connectivity index (χ2v) is 9.08. The van der Waals surface area contributed by atoms with Crippen molar-refractivity contribution in [2.24, 2.45) is 0 Å². The van der Waals surface area contributed by atoms with Crippen LogP contribution in [0.1, 0.15) is 35.9 Å². The Morgan fingerprint density at radius 1 is 0.969 bits per heavy atom. The van der Waals surface area contributed by atoms with Gasteiger partial charge in [-0.15, -0.1) is 0 Å². The van der Waals surface area contributed by atoms with Crippen LogP contribution in [0.5, 0.6) is 0 Å². The third-order valence-electron chi connectivity index (χ3n) is 5.90. The normalized spacial score (nSPS) is 24.9. The zero-order chi connectivity index (χ0) is 22.5. The Hall–Kier alpha value is -2.67. The summed E-state index contributed by atoms with van der Waals surface area (Å²) in [6, 6.07) is 15.9. The lowest BCUT2D eigenvalue weighted by Crippen LogP contribution is -2.65. The Bertz CT molecular complexity index is 1210. The van der Waals surface area contributed by atoms with Gasteiger partial charge in [-0.1, -0.05) is 47.5 Å². The number of nitrogens with zero attached hydrogens (tertiary/aromatic N) is 3. The third kappa shape index (κ3) is 3.62. The molecule has 3 unspecified atom stereocenters. The fourth-order valence-electron chi connectivity index (χ4n) is 4.54. The van der Waals surface area contributed by atoms with Gasteiger partial charge in [0.1, 0.15) is 5.82 Å². The van der Waals surface area contributed by atoms with Crippen LogP contribution >= 0.6 is 34.8 Å². The van der Waals surface area contributed by atoms with Gasteiger partial charge in [-0.05, 0) is 53.1 Å². The molecule has 5 rings (SSSR count). The Morgan fingerprint density at radius 2 is 1.72 bits per heavy atom. The minimum absolute atomic E-state index is 0.00551. The Kier molecular flexibility index (Phi) is 5.32. The highest BCUT2D eigenvalue weighted by molar-refractivity contribution is 6.31. The van der Waals surface area contributed by atoms with E-state index in [9.17, 15) is 9.59 Å². The molecule has 162 valence electrons. The molecule has 1 aromatic heterocycles. The maximum Gasteiger partial charge on any atom is 0.311 e. The van der Waals surface area contributed by atoms with Crippen molar-refractivity contribution in [2.75, 3.05) is 4.90 Å². The predicted octanol–water partition coefficient (Wildman–Crippen LogP) is 5.38. The molecule has 0 N–H and O–H groups in total. The standard InChI is InChI=1S/C23H16Cl3N3O3/c24-15-6-4-13(5-7-15)20-17(14-2-1-3-16(25)10-14)11-23(12-19(30)32-23)21(31)29(20)18-8-9-27-22(26)28-18/h1-10,17,20H,11-12H2. The first kappa shape index (κ1) is 21.2. The van der Waals surface area contributed by atoms with E-state index in [1.54, 1.807) is 29.2 Å². The molecular formula is C23H16Cl3N3O3. The summed E-state index contributed by atoms with van der Waals surface area (Å²) in [5.74, 6) is -0.669. The van der Waals surface area contributed by atoms with E-state index < -0.39 is 17.6 Å². The highest BCUT2D eigenvalue weighted by Crippen LogP contribution is 2.52. The van der Waals surface area contributed by atoms with Crippen molar-refractivity contribution in [1.29, 1.82) is 0 Å². The van der Waals surface area contributed by atoms with Gasteiger partial charge in [0.25, 0.3) is 5.91 Å². The first-order valence-corrected chi connectivity index (χ1v) is 11.0. The van der Waals surface area contributed by atoms with Crippen molar-refractivity contribution in [1.82, 2.24) is 9.97 Å². The number of hydrogen-bond acceptors (Lipinski definition) is 5. The first-order valence-electron chi connectivity index (χ1n) is 9.91. The average molecular weight is 489 g/mol. The van der Waals surface area contributed by atoms with Crippen molar-refractivity contribution in [3.63, 3.8) is 0 Å². The maximum atomic E-state index is 13.8. The number of esters is 1. The lowest BCUT2D eigenvalue weighted by atomic mass is 9.71. The van der Waals surface area contributed by atoms with Gasteiger partial charge in [0.05, 0.1) is 12.5 Å². The molecule has 2 aromatic carbocycles. The maximum absolute atomic E-state index is 13.8. The summed E-state index contributed by atoms with van der Waals surface area (Å²) in [5.41, 5.74) is 0.505. The van der Waals surface area contributed by atoms with Gasteiger partial charge in [-0.2, -0.15) is 0 Å². The number of benzene rings is 2. The lowest BCUT2D eigenvalue weighted by molar-refractivity contribution is -0.199. The summed E-state index contributed by atoms with van der Waals surface area (Å²) < 4.78 is 5.49. The SMILES string of the molecule is O=C1CC2(CC(c3cccc(Cl)c3)C(c3ccc(Cl)cc3)N(c3ccnc(Cl)n3)C2=O)O1. The molecule has 0 bridgehead atoms. The quantitative estimate of drug-likeness (QED) is 0.365. The van der Waals surface area contributed by atoms with Crippen LogP contribution in [0.4, 0.5) is 5.82 Å². The number of halogens is 3. The van der Waals surface area contributed by atoms with E-state index in [2.05, 4.69) is 9.97 Å². The van der Waals surface area contributed by atoms with Crippen LogP contribution in [0.2, 0.25) is 15.3 Å². The van der Waals surface area contributed by atoms with Crippen molar-refractivity contribution < 1.29 is 14.3 Å². The predicted molar refractivity (Wildman–Crippen MR) is 121 cm³/mol. The Balaban J connectivity index is 1.72. The van der Waals surface area contributed by atoms with Gasteiger partial charge in [0, 0.05) is 28.6 Å². The molecule has 2 saturated heterocycles. The van der Waals surface area contributed by atoms with Crippen LogP contribution < -0.4 is 4.90 Å². The molecule has 3 aromatic rings. The molecule has 2 aliphatic heterocycles. The van der Waals surface area contributed by atoms with Gasteiger partial charge >= 0.3 is 5.97 Å². The largest absolute Gasteiger partial charge is 0.448 e. The molecule has 32 heavy (non-hydrogen) atoms. The molecule has 6 nitrogen and oxygen atoms in total. The fraction of sp³-hybridized carbons (Fsp3) is 0.217. The molecule has 0 saturated carbocycles. The molecule has 2 fully saturated rings. The van der Waals surface area contributed by atoms with Gasteiger partial charge in [0.15, 0.2) is 0 Å². The van der Waals surface area contributed by atoms with Gasteiger partial charge in [0.2, 0.25) is 10.9 Å². The van der Waals surface area contributed by atoms with Gasteiger partial charge in [-0.3, -0.25) is 14.5 Å². The number of piperidine rings is 1. The highest BCUT2D eigenvalue weighted by Gasteiger charge is 2.61. The molecule has 3 heterocycles. The zero-order valence-corrected chi connectivity index (χ0v) is 18.8. The molecule has 1 amide bonds. The number of aromatic nitrogens is 2. The van der Waals surface area contributed by atoms with E-state index in [1.165, 1.54) is 6.20 Å². The molecule has 0 radical (unpaired) electrons. The van der Waals surface area contributed by atoms with E-state index in [-0.39, 0.29) is 23.5 Å². The van der Waals surface area contributed by atoms with E-state index >= 15 is 0 Å². The van der Waals surface area contributed by atoms with Crippen molar-refractivity contribution in [3.8, 4) is 0 Å². The monoisotopic (exact) mass is 487 g/mol. The summed E-state index contributed by atoms with van der Waals surface area (Å²) in [6.45, 7) is 0. The molecule has 1 spiro atoms. The summed E-state index contributed by atoms with van der Waals surface area (Å²) in [4.78, 5) is 35.4. The minimum atomic E-state index is -1.26. The third-order valence-corrected chi connectivity index (χ3v) is 6.57. The van der Waals surface area contributed by atoms with Crippen LogP contribution in [0.3, 0.4) is 0 Å². The van der Waals surface area contributed by atoms with E-state index in [0.29, 0.717) is 22.3 Å². The average Bonchev–Trinajstić information content (AvgIpc) is 2.74. The number of hydrogen-bond donors (Lipinski definition) is 0. The van der Waals surface area contributed by atoms with Crippen molar-refractivity contribution in [3.05, 3.63) is 87.2 Å². The van der Waals surface area contributed by atoms with Crippen molar-refractivity contribution >= 4 is 52.5 Å². The topological polar surface area (TPSA) is 72.4 Å². The number of amides is 1. The Labute approximate surface area is 199 Å². The summed E-state index contributed by atoms with van der Waals surface area (Å²) in [6.07, 6.45) is 1.81. The van der Waals surface area contributed by atoms with Crippen molar-refractivity contribution in [2.45, 2.75) is 30.4 Å². The van der Waals surface area contributed by atoms with Crippen LogP contribution in [-0.4, -0.2) is 27.4 Å². The first-order chi connectivity index (χ1) is 15.4. The number of carbonyl (C=O) groups is 2. The molecule has 3 atom stereocenters. The molecular weight excluding hydrogens is 473 g/mol. The van der Waals surface area contributed by atoms with E-state index in [4.69, 9.17) is 39.5 Å². The summed E-state index contributed by atoms with van der Waals surface area (Å²) in [7, 11) is 0. The van der Waals surface area contributed by atoms with E-state index in [1.807, 2.05) is 30.3 Å². The van der Waals surface area contributed by atoms with Crippen LogP contribution in [-0.2, 0) is 14.3 Å². The lowest BCUT2D eigenvalue weighted by Gasteiger charge is -2.52. The zero-order valence-electron chi connectivity index (χ0n) is 16.5. The number of anilines is 1. The number of ether oxygens (including phenoxy) is 1. The Morgan fingerprint density at radius 3 is 2.38 bits per heavy atom. The van der Waals surface area contributed by atoms with Crippen LogP contribution in [0.25, 0.3) is 0 Å². The summed E-state index contributed by atoms with van der Waals surface area (Å²) in [5, 5.41) is 1.16. The summed E-state index contributed by atoms with van der Waals surface area (Å²) >= 11 is 18.5. The number of rotatable bonds is 3. The second-order valence-electron chi connectivity index (χ2n) is 7.87. The second kappa shape index (κ2) is 8.03. The van der Waals surface area contributed by atoms with E-state index in [0.717, 1.165) is 11.1 Å². The van der Waals surface area contributed by atoms with Crippen LogP contribution in [0, 0.1) is 0 Å². The van der Waals surface area contributed by atoms with Gasteiger partial charge < -0.3 is 4.74 Å². The number of carbonyl (C=O) groups excluding carboxylic acids is 2. The smallest absolute Gasteiger partial charge is 0.311 e. The fourth-order valence-corrected chi connectivity index (χ4v) is 5.01. The van der Waals surface area contributed by atoms with Gasteiger partial charge in [-0.25, -0.2) is 9.97 Å².